The SMILES string of the molecule is C=C(c1ccc(F)cc1)c1nc(C(=O)OC)cnc1NCCN1CCCC1. The van der Waals surface area contributed by atoms with Crippen LogP contribution in [0, 0.1) is 5.82 Å². The highest BCUT2D eigenvalue weighted by Gasteiger charge is 2.17. The van der Waals surface area contributed by atoms with Gasteiger partial charge in [0.1, 0.15) is 11.5 Å². The second-order valence-electron chi connectivity index (χ2n) is 6.41. The van der Waals surface area contributed by atoms with Gasteiger partial charge in [-0.25, -0.2) is 19.2 Å². The van der Waals surface area contributed by atoms with E-state index in [2.05, 4.69) is 26.8 Å². The number of rotatable bonds is 7. The molecule has 27 heavy (non-hydrogen) atoms. The standard InChI is InChI=1S/C20H23FN4O2/c1-14(15-5-7-16(21)8-6-15)18-19(22-9-12-25-10-3-4-11-25)23-13-17(24-18)20(26)27-2/h5-8,13H,1,3-4,9-12H2,2H3,(H,22,23). The molecule has 1 N–H and O–H groups in total. The van der Waals surface area contributed by atoms with Crippen LogP contribution in [0.2, 0.25) is 0 Å². The molecule has 1 saturated heterocycles. The number of nitrogens with one attached hydrogen (secondary N) is 1. The third-order valence-corrected chi connectivity index (χ3v) is 4.56. The third-order valence-electron chi connectivity index (χ3n) is 4.56. The van der Waals surface area contributed by atoms with Gasteiger partial charge in [0, 0.05) is 18.7 Å². The second kappa shape index (κ2) is 8.73. The largest absolute Gasteiger partial charge is 0.464 e. The molecular formula is C20H23FN4O2. The Hall–Kier alpha value is -2.80. The van der Waals surface area contributed by atoms with Crippen molar-refractivity contribution in [3.05, 3.63) is 59.8 Å². The van der Waals surface area contributed by atoms with Crippen molar-refractivity contribution in [2.45, 2.75) is 12.8 Å². The van der Waals surface area contributed by atoms with Crippen molar-refractivity contribution in [1.82, 2.24) is 14.9 Å². The molecule has 1 fully saturated rings. The summed E-state index contributed by atoms with van der Waals surface area (Å²) in [4.78, 5) is 23.0. The second-order valence-corrected chi connectivity index (χ2v) is 6.41. The number of nitrogens with zero attached hydrogens (tertiary/aromatic N) is 3. The van der Waals surface area contributed by atoms with Crippen LogP contribution in [-0.2, 0) is 4.74 Å². The van der Waals surface area contributed by atoms with Gasteiger partial charge in [-0.05, 0) is 43.6 Å². The molecule has 0 bridgehead atoms. The predicted octanol–water partition coefficient (Wildman–Crippen LogP) is 2.97. The van der Waals surface area contributed by atoms with E-state index in [1.807, 2.05) is 0 Å². The number of likely N-dealkylation sites (tertiary alicyclic amines) is 1. The lowest BCUT2D eigenvalue weighted by Gasteiger charge is -2.17. The number of carbonyl (C=O) groups is 1. The van der Waals surface area contributed by atoms with Gasteiger partial charge in [0.2, 0.25) is 0 Å². The fraction of sp³-hybridized carbons (Fsp3) is 0.350. The van der Waals surface area contributed by atoms with Crippen LogP contribution >= 0.6 is 0 Å². The molecule has 1 aromatic heterocycles. The third kappa shape index (κ3) is 4.68. The Morgan fingerprint density at radius 3 is 2.67 bits per heavy atom. The van der Waals surface area contributed by atoms with Gasteiger partial charge in [-0.15, -0.1) is 0 Å². The normalized spacial score (nSPS) is 14.1. The Bertz CT molecular complexity index is 817. The van der Waals surface area contributed by atoms with Gasteiger partial charge >= 0.3 is 5.97 Å². The molecule has 0 spiro atoms. The maximum atomic E-state index is 13.2. The Balaban J connectivity index is 1.83. The zero-order chi connectivity index (χ0) is 19.2. The van der Waals surface area contributed by atoms with Crippen LogP contribution in [0.25, 0.3) is 5.57 Å². The Kier molecular flexibility index (Phi) is 6.13. The average Bonchev–Trinajstić information content (AvgIpc) is 3.21. The minimum atomic E-state index is -0.570. The van der Waals surface area contributed by atoms with Gasteiger partial charge in [0.05, 0.1) is 13.3 Å². The van der Waals surface area contributed by atoms with E-state index in [1.165, 1.54) is 38.3 Å². The summed E-state index contributed by atoms with van der Waals surface area (Å²) >= 11 is 0. The van der Waals surface area contributed by atoms with Crippen molar-refractivity contribution in [2.24, 2.45) is 0 Å². The number of carbonyl (C=O) groups excluding carboxylic acids is 1. The van der Waals surface area contributed by atoms with Gasteiger partial charge in [-0.1, -0.05) is 18.7 Å². The highest BCUT2D eigenvalue weighted by molar-refractivity contribution is 5.89. The Morgan fingerprint density at radius 1 is 1.30 bits per heavy atom. The number of aromatic nitrogens is 2. The molecule has 6 nitrogen and oxygen atoms in total. The van der Waals surface area contributed by atoms with Crippen LogP contribution in [0.4, 0.5) is 10.2 Å². The van der Waals surface area contributed by atoms with Crippen molar-refractivity contribution < 1.29 is 13.9 Å². The van der Waals surface area contributed by atoms with Crippen LogP contribution in [0.3, 0.4) is 0 Å². The van der Waals surface area contributed by atoms with E-state index in [-0.39, 0.29) is 11.5 Å². The van der Waals surface area contributed by atoms with Crippen LogP contribution in [0.15, 0.2) is 37.0 Å². The summed E-state index contributed by atoms with van der Waals surface area (Å²) in [6.45, 7) is 7.91. The number of anilines is 1. The molecule has 0 atom stereocenters. The number of hydrogen-bond acceptors (Lipinski definition) is 6. The van der Waals surface area contributed by atoms with E-state index in [0.29, 0.717) is 29.2 Å². The summed E-state index contributed by atoms with van der Waals surface area (Å²) < 4.78 is 18.0. The summed E-state index contributed by atoms with van der Waals surface area (Å²) in [5, 5.41) is 3.28. The van der Waals surface area contributed by atoms with Gasteiger partial charge in [-0.3, -0.25) is 0 Å². The fourth-order valence-electron chi connectivity index (χ4n) is 3.06. The van der Waals surface area contributed by atoms with Crippen molar-refractivity contribution in [2.75, 3.05) is 38.6 Å². The molecule has 0 saturated carbocycles. The molecule has 1 aromatic carbocycles. The van der Waals surface area contributed by atoms with E-state index in [9.17, 15) is 9.18 Å². The van der Waals surface area contributed by atoms with E-state index in [1.54, 1.807) is 12.1 Å². The molecule has 0 radical (unpaired) electrons. The Morgan fingerprint density at radius 2 is 2.00 bits per heavy atom. The lowest BCUT2D eigenvalue weighted by Crippen LogP contribution is -2.26. The van der Waals surface area contributed by atoms with Crippen molar-refractivity contribution in [3.8, 4) is 0 Å². The zero-order valence-corrected chi connectivity index (χ0v) is 15.4. The number of hydrogen-bond donors (Lipinski definition) is 1. The summed E-state index contributed by atoms with van der Waals surface area (Å²) in [6.07, 6.45) is 3.85. The Labute approximate surface area is 158 Å². The van der Waals surface area contributed by atoms with E-state index in [4.69, 9.17) is 4.74 Å². The highest BCUT2D eigenvalue weighted by Crippen LogP contribution is 2.25. The van der Waals surface area contributed by atoms with Crippen molar-refractivity contribution in [3.63, 3.8) is 0 Å². The minimum Gasteiger partial charge on any atom is -0.464 e. The molecule has 7 heteroatoms. The van der Waals surface area contributed by atoms with Gasteiger partial charge in [0.15, 0.2) is 11.5 Å². The molecule has 1 aliphatic heterocycles. The molecule has 1 aliphatic rings. The minimum absolute atomic E-state index is 0.0980. The first-order valence-corrected chi connectivity index (χ1v) is 8.95. The van der Waals surface area contributed by atoms with Crippen molar-refractivity contribution >= 4 is 17.4 Å². The number of benzene rings is 1. The first-order chi connectivity index (χ1) is 13.1. The summed E-state index contributed by atoms with van der Waals surface area (Å²) in [5.41, 5.74) is 1.80. The maximum Gasteiger partial charge on any atom is 0.358 e. The molecular weight excluding hydrogens is 347 g/mol. The number of esters is 1. The maximum absolute atomic E-state index is 13.2. The van der Waals surface area contributed by atoms with E-state index >= 15 is 0 Å². The molecule has 0 unspecified atom stereocenters. The fourth-order valence-corrected chi connectivity index (χ4v) is 3.06. The van der Waals surface area contributed by atoms with Gasteiger partial charge in [-0.2, -0.15) is 0 Å². The van der Waals surface area contributed by atoms with Crippen molar-refractivity contribution in [1.29, 1.82) is 0 Å². The molecule has 2 aromatic rings. The van der Waals surface area contributed by atoms with Gasteiger partial charge < -0.3 is 15.0 Å². The number of halogens is 1. The average molecular weight is 370 g/mol. The van der Waals surface area contributed by atoms with Gasteiger partial charge in [0.25, 0.3) is 0 Å². The summed E-state index contributed by atoms with van der Waals surface area (Å²) in [7, 11) is 1.29. The molecule has 2 heterocycles. The smallest absolute Gasteiger partial charge is 0.358 e. The van der Waals surface area contributed by atoms with E-state index < -0.39 is 5.97 Å². The predicted molar refractivity (Wildman–Crippen MR) is 102 cm³/mol. The molecule has 3 rings (SSSR count). The molecule has 0 aliphatic carbocycles. The number of ether oxygens (including phenoxy) is 1. The molecule has 0 amide bonds. The first kappa shape index (κ1) is 19.0. The number of methoxy groups -OCH3 is 1. The molecule has 142 valence electrons. The van der Waals surface area contributed by atoms with Crippen LogP contribution in [0.5, 0.6) is 0 Å². The van der Waals surface area contributed by atoms with Crippen LogP contribution < -0.4 is 5.32 Å². The zero-order valence-electron chi connectivity index (χ0n) is 15.4. The lowest BCUT2D eigenvalue weighted by molar-refractivity contribution is 0.0593. The summed E-state index contributed by atoms with van der Waals surface area (Å²) in [5.74, 6) is -0.361. The lowest BCUT2D eigenvalue weighted by atomic mass is 10.0. The monoisotopic (exact) mass is 370 g/mol. The van der Waals surface area contributed by atoms with Crippen LogP contribution in [-0.4, -0.2) is 54.1 Å². The highest BCUT2D eigenvalue weighted by atomic mass is 19.1. The topological polar surface area (TPSA) is 67.3 Å². The van der Waals surface area contributed by atoms with Crippen LogP contribution in [0.1, 0.15) is 34.6 Å². The quantitative estimate of drug-likeness (QED) is 0.756. The summed E-state index contributed by atoms with van der Waals surface area (Å²) in [6, 6.07) is 5.97. The first-order valence-electron chi connectivity index (χ1n) is 8.95. The van der Waals surface area contributed by atoms with E-state index in [0.717, 1.165) is 19.6 Å².